The maximum absolute atomic E-state index is 11.3. The number of allylic oxidation sites excluding steroid dienone is 2. The van der Waals surface area contributed by atoms with Crippen LogP contribution >= 0.6 is 11.8 Å². The summed E-state index contributed by atoms with van der Waals surface area (Å²) in [6.07, 6.45) is 1.73. The molecule has 2 N–H and O–H groups in total. The third-order valence-corrected chi connectivity index (χ3v) is 5.49. The molecule has 1 unspecified atom stereocenters. The number of benzene rings is 1. The first-order valence-electron chi connectivity index (χ1n) is 7.95. The fraction of sp³-hybridized carbons (Fsp3) is 0.444. The lowest BCUT2D eigenvalue weighted by Crippen LogP contribution is -2.44. The van der Waals surface area contributed by atoms with Gasteiger partial charge in [0.15, 0.2) is 0 Å². The van der Waals surface area contributed by atoms with E-state index in [1.165, 1.54) is 0 Å². The summed E-state index contributed by atoms with van der Waals surface area (Å²) in [5.41, 5.74) is 2.99. The molecule has 24 heavy (non-hydrogen) atoms. The van der Waals surface area contributed by atoms with Crippen LogP contribution in [0.3, 0.4) is 0 Å². The molecule has 1 heterocycles. The summed E-state index contributed by atoms with van der Waals surface area (Å²) in [5, 5.41) is 12.5. The second kappa shape index (κ2) is 6.51. The van der Waals surface area contributed by atoms with Crippen LogP contribution in [0.25, 0.3) is 0 Å². The van der Waals surface area contributed by atoms with E-state index in [1.807, 2.05) is 24.3 Å². The van der Waals surface area contributed by atoms with E-state index in [9.17, 15) is 9.90 Å². The van der Waals surface area contributed by atoms with Crippen molar-refractivity contribution in [2.75, 3.05) is 12.9 Å². The van der Waals surface area contributed by atoms with Gasteiger partial charge < -0.3 is 15.2 Å². The largest absolute Gasteiger partial charge is 0.497 e. The minimum absolute atomic E-state index is 0.0537. The average molecular weight is 346 g/mol. The molecule has 1 aromatic carbocycles. The van der Waals surface area contributed by atoms with Crippen LogP contribution in [-0.2, 0) is 4.79 Å². The van der Waals surface area contributed by atoms with Gasteiger partial charge in [-0.15, -0.1) is 11.8 Å². The van der Waals surface area contributed by atoms with Gasteiger partial charge in [-0.2, -0.15) is 0 Å². The molecule has 0 fully saturated rings. The first-order valence-corrected chi connectivity index (χ1v) is 8.94. The third-order valence-electron chi connectivity index (χ3n) is 4.21. The molecule has 128 valence electrons. The van der Waals surface area contributed by atoms with Crippen LogP contribution in [0.1, 0.15) is 26.7 Å². The number of ether oxygens (including phenoxy) is 1. The summed E-state index contributed by atoms with van der Waals surface area (Å²) in [4.78, 5) is 17.2. The van der Waals surface area contributed by atoms with E-state index in [1.54, 1.807) is 18.9 Å². The number of carboxylic acids is 1. The molecule has 0 saturated carbocycles. The summed E-state index contributed by atoms with van der Waals surface area (Å²) < 4.78 is 5.18. The van der Waals surface area contributed by atoms with Crippen molar-refractivity contribution in [3.8, 4) is 5.75 Å². The fourth-order valence-electron chi connectivity index (χ4n) is 3.07. The molecular formula is C18H22N2O3S. The molecule has 1 atom stereocenters. The van der Waals surface area contributed by atoms with Crippen molar-refractivity contribution in [1.82, 2.24) is 5.32 Å². The number of nitrogens with one attached hydrogen (secondary N) is 1. The van der Waals surface area contributed by atoms with Gasteiger partial charge >= 0.3 is 5.97 Å². The first-order chi connectivity index (χ1) is 11.4. The summed E-state index contributed by atoms with van der Waals surface area (Å²) >= 11 is 1.60. The maximum Gasteiger partial charge on any atom is 0.326 e. The van der Waals surface area contributed by atoms with E-state index in [-0.39, 0.29) is 5.41 Å². The number of hydrogen-bond donors (Lipinski definition) is 2. The highest BCUT2D eigenvalue weighted by Crippen LogP contribution is 2.43. The van der Waals surface area contributed by atoms with Crippen LogP contribution in [0.2, 0.25) is 0 Å². The van der Waals surface area contributed by atoms with Crippen molar-refractivity contribution < 1.29 is 14.6 Å². The SMILES string of the molecule is COc1ccc(/N=C2\CC(C)(C)CC3=C2SCC(C(=O)O)N3)cc1. The molecule has 0 spiro atoms. The monoisotopic (exact) mass is 346 g/mol. The van der Waals surface area contributed by atoms with Crippen molar-refractivity contribution in [3.05, 3.63) is 34.9 Å². The van der Waals surface area contributed by atoms with Gasteiger partial charge in [-0.1, -0.05) is 13.8 Å². The van der Waals surface area contributed by atoms with Gasteiger partial charge in [0, 0.05) is 16.4 Å². The molecule has 0 aromatic heterocycles. The molecule has 0 radical (unpaired) electrons. The predicted molar refractivity (Wildman–Crippen MR) is 97.1 cm³/mol. The van der Waals surface area contributed by atoms with Crippen LogP contribution < -0.4 is 10.1 Å². The van der Waals surface area contributed by atoms with E-state index in [0.717, 1.165) is 40.6 Å². The maximum atomic E-state index is 11.3. The zero-order valence-electron chi connectivity index (χ0n) is 14.1. The molecule has 1 aliphatic carbocycles. The Labute approximate surface area is 146 Å². The Morgan fingerprint density at radius 2 is 2.04 bits per heavy atom. The lowest BCUT2D eigenvalue weighted by Gasteiger charge is -2.38. The molecule has 2 aliphatic rings. The van der Waals surface area contributed by atoms with Crippen LogP contribution in [-0.4, -0.2) is 35.7 Å². The van der Waals surface area contributed by atoms with Crippen LogP contribution in [0.4, 0.5) is 5.69 Å². The Balaban J connectivity index is 1.94. The van der Waals surface area contributed by atoms with Crippen molar-refractivity contribution >= 4 is 29.1 Å². The molecule has 1 aromatic rings. The molecule has 0 saturated heterocycles. The second-order valence-corrected chi connectivity index (χ2v) is 7.96. The average Bonchev–Trinajstić information content (AvgIpc) is 2.54. The summed E-state index contributed by atoms with van der Waals surface area (Å²) in [6, 6.07) is 7.15. The fourth-order valence-corrected chi connectivity index (χ4v) is 4.22. The normalized spacial score (nSPS) is 24.3. The molecule has 0 amide bonds. The Morgan fingerprint density at radius 1 is 1.33 bits per heavy atom. The molecule has 0 bridgehead atoms. The van der Waals surface area contributed by atoms with Gasteiger partial charge in [0.1, 0.15) is 11.8 Å². The smallest absolute Gasteiger partial charge is 0.326 e. The number of carboxylic acid groups (broad SMARTS) is 1. The Bertz CT molecular complexity index is 707. The van der Waals surface area contributed by atoms with Gasteiger partial charge in [-0.05, 0) is 42.5 Å². The molecule has 5 nitrogen and oxygen atoms in total. The number of carbonyl (C=O) groups is 1. The Morgan fingerprint density at radius 3 is 2.67 bits per heavy atom. The Hall–Kier alpha value is -1.95. The van der Waals surface area contributed by atoms with Crippen molar-refractivity contribution in [2.45, 2.75) is 32.7 Å². The summed E-state index contributed by atoms with van der Waals surface area (Å²) in [7, 11) is 1.64. The number of aliphatic imine (C=N–C) groups is 1. The van der Waals surface area contributed by atoms with E-state index in [0.29, 0.717) is 5.75 Å². The number of thioether (sulfide) groups is 1. The van der Waals surface area contributed by atoms with Gasteiger partial charge in [-0.25, -0.2) is 4.79 Å². The van der Waals surface area contributed by atoms with Crippen molar-refractivity contribution in [1.29, 1.82) is 0 Å². The predicted octanol–water partition coefficient (Wildman–Crippen LogP) is 3.59. The standard InChI is InChI=1S/C18H22N2O3S/c1-18(2)8-13(19-11-4-6-12(23-3)7-5-11)16-14(9-18)20-15(10-24-16)17(21)22/h4-7,15,20H,8-10H2,1-3H3,(H,21,22)/b19-13+. The van der Waals surface area contributed by atoms with Gasteiger partial charge in [0.05, 0.1) is 18.5 Å². The summed E-state index contributed by atoms with van der Waals surface area (Å²) in [5.74, 6) is 0.530. The van der Waals surface area contributed by atoms with E-state index in [4.69, 9.17) is 9.73 Å². The van der Waals surface area contributed by atoms with Crippen molar-refractivity contribution in [2.24, 2.45) is 10.4 Å². The second-order valence-electron chi connectivity index (χ2n) is 6.93. The highest BCUT2D eigenvalue weighted by Gasteiger charge is 2.36. The number of nitrogens with zero attached hydrogens (tertiary/aromatic N) is 1. The molecular weight excluding hydrogens is 324 g/mol. The van der Waals surface area contributed by atoms with Gasteiger partial charge in [0.25, 0.3) is 0 Å². The topological polar surface area (TPSA) is 70.9 Å². The minimum Gasteiger partial charge on any atom is -0.497 e. The highest BCUT2D eigenvalue weighted by molar-refractivity contribution is 8.04. The highest BCUT2D eigenvalue weighted by atomic mass is 32.2. The van der Waals surface area contributed by atoms with Crippen LogP contribution in [0.5, 0.6) is 5.75 Å². The number of methoxy groups -OCH3 is 1. The first kappa shape index (κ1) is 16.9. The molecule has 6 heteroatoms. The number of hydrogen-bond acceptors (Lipinski definition) is 5. The lowest BCUT2D eigenvalue weighted by molar-refractivity contribution is -0.138. The summed E-state index contributed by atoms with van der Waals surface area (Å²) in [6.45, 7) is 4.38. The van der Waals surface area contributed by atoms with Crippen LogP contribution in [0.15, 0.2) is 39.9 Å². The van der Waals surface area contributed by atoms with Crippen LogP contribution in [0, 0.1) is 5.41 Å². The zero-order valence-corrected chi connectivity index (χ0v) is 14.9. The minimum atomic E-state index is -0.800. The third kappa shape index (κ3) is 3.59. The number of aliphatic carboxylic acids is 1. The molecule has 3 rings (SSSR count). The Kier molecular flexibility index (Phi) is 4.58. The van der Waals surface area contributed by atoms with Crippen molar-refractivity contribution in [3.63, 3.8) is 0 Å². The quantitative estimate of drug-likeness (QED) is 0.875. The van der Waals surface area contributed by atoms with Gasteiger partial charge in [-0.3, -0.25) is 4.99 Å². The van der Waals surface area contributed by atoms with E-state index >= 15 is 0 Å². The molecule has 1 aliphatic heterocycles. The van der Waals surface area contributed by atoms with E-state index in [2.05, 4.69) is 19.2 Å². The van der Waals surface area contributed by atoms with Gasteiger partial charge in [0.2, 0.25) is 0 Å². The zero-order chi connectivity index (χ0) is 17.3. The number of rotatable bonds is 3. The van der Waals surface area contributed by atoms with E-state index < -0.39 is 12.0 Å². The lowest BCUT2D eigenvalue weighted by atomic mass is 9.78.